The van der Waals surface area contributed by atoms with Gasteiger partial charge in [-0.25, -0.2) is 0 Å². The zero-order valence-electron chi connectivity index (χ0n) is 10.4. The summed E-state index contributed by atoms with van der Waals surface area (Å²) in [6.07, 6.45) is -0.413. The molecule has 0 radical (unpaired) electrons. The zero-order valence-corrected chi connectivity index (χ0v) is 11.2. The van der Waals surface area contributed by atoms with Crippen LogP contribution in [0.25, 0.3) is 0 Å². The Hall–Kier alpha value is -0.880. The van der Waals surface area contributed by atoms with Crippen LogP contribution in [0.3, 0.4) is 0 Å². The van der Waals surface area contributed by atoms with E-state index in [-0.39, 0.29) is 11.7 Å². The molecule has 1 aromatic carbocycles. The molecule has 0 unspecified atom stereocenters. The second-order valence-corrected chi connectivity index (χ2v) is 6.25. The van der Waals surface area contributed by atoms with Crippen molar-refractivity contribution < 1.29 is 13.2 Å². The summed E-state index contributed by atoms with van der Waals surface area (Å²) < 4.78 is 37.6. The van der Waals surface area contributed by atoms with Crippen LogP contribution in [0.1, 0.15) is 31.2 Å². The molecule has 2 nitrogen and oxygen atoms in total. The lowest BCUT2D eigenvalue weighted by atomic mass is 9.96. The van der Waals surface area contributed by atoms with Crippen LogP contribution in [-0.4, -0.2) is 11.3 Å². The molecule has 0 saturated heterocycles. The summed E-state index contributed by atoms with van der Waals surface area (Å²) in [5.41, 5.74) is 11.1. The number of halogens is 3. The van der Waals surface area contributed by atoms with Crippen LogP contribution < -0.4 is 11.5 Å². The zero-order chi connectivity index (χ0) is 14.0. The maximum absolute atomic E-state index is 12.5. The van der Waals surface area contributed by atoms with Gasteiger partial charge in [0.2, 0.25) is 0 Å². The van der Waals surface area contributed by atoms with Crippen LogP contribution in [0.5, 0.6) is 0 Å². The van der Waals surface area contributed by atoms with Crippen LogP contribution >= 0.6 is 11.8 Å². The SMILES string of the molecule is Nc1cc(C(F)(F)F)ccc1SC1CCC(N)CC1. The minimum Gasteiger partial charge on any atom is -0.398 e. The van der Waals surface area contributed by atoms with Crippen molar-refractivity contribution in [1.29, 1.82) is 0 Å². The first-order valence-electron chi connectivity index (χ1n) is 6.25. The van der Waals surface area contributed by atoms with E-state index < -0.39 is 11.7 Å². The molecular formula is C13H17F3N2S. The maximum Gasteiger partial charge on any atom is 0.416 e. The molecule has 1 aliphatic carbocycles. The Morgan fingerprint density at radius 2 is 1.74 bits per heavy atom. The lowest BCUT2D eigenvalue weighted by molar-refractivity contribution is -0.137. The molecular weight excluding hydrogens is 273 g/mol. The second kappa shape index (κ2) is 5.63. The lowest BCUT2D eigenvalue weighted by Gasteiger charge is -2.26. The molecule has 1 aromatic rings. The van der Waals surface area contributed by atoms with Gasteiger partial charge in [-0.2, -0.15) is 13.2 Å². The number of anilines is 1. The first-order valence-corrected chi connectivity index (χ1v) is 7.13. The molecule has 0 bridgehead atoms. The highest BCUT2D eigenvalue weighted by molar-refractivity contribution is 8.00. The van der Waals surface area contributed by atoms with Crippen molar-refractivity contribution in [1.82, 2.24) is 0 Å². The molecule has 0 heterocycles. The van der Waals surface area contributed by atoms with E-state index in [1.54, 1.807) is 11.8 Å². The van der Waals surface area contributed by atoms with Crippen LogP contribution in [-0.2, 0) is 6.18 Å². The first kappa shape index (κ1) is 14.5. The number of benzene rings is 1. The highest BCUT2D eigenvalue weighted by atomic mass is 32.2. The van der Waals surface area contributed by atoms with E-state index in [4.69, 9.17) is 11.5 Å². The third-order valence-corrected chi connectivity index (χ3v) is 4.78. The van der Waals surface area contributed by atoms with E-state index >= 15 is 0 Å². The number of hydrogen-bond acceptors (Lipinski definition) is 3. The Kier molecular flexibility index (Phi) is 4.30. The molecule has 2 rings (SSSR count). The Labute approximate surface area is 114 Å². The lowest BCUT2D eigenvalue weighted by Crippen LogP contribution is -2.27. The highest BCUT2D eigenvalue weighted by Gasteiger charge is 2.31. The topological polar surface area (TPSA) is 52.0 Å². The van der Waals surface area contributed by atoms with Gasteiger partial charge in [-0.05, 0) is 43.9 Å². The van der Waals surface area contributed by atoms with E-state index in [9.17, 15) is 13.2 Å². The van der Waals surface area contributed by atoms with Gasteiger partial charge in [0.15, 0.2) is 0 Å². The monoisotopic (exact) mass is 290 g/mol. The molecule has 106 valence electrons. The van der Waals surface area contributed by atoms with Crippen LogP contribution in [0, 0.1) is 0 Å². The molecule has 1 fully saturated rings. The van der Waals surface area contributed by atoms with Gasteiger partial charge >= 0.3 is 6.18 Å². The third-order valence-electron chi connectivity index (χ3n) is 3.35. The van der Waals surface area contributed by atoms with E-state index in [2.05, 4.69) is 0 Å². The van der Waals surface area contributed by atoms with Gasteiger partial charge in [-0.15, -0.1) is 11.8 Å². The third kappa shape index (κ3) is 3.79. The second-order valence-electron chi connectivity index (χ2n) is 4.91. The Morgan fingerprint density at radius 3 is 2.26 bits per heavy atom. The number of thioether (sulfide) groups is 1. The van der Waals surface area contributed by atoms with Gasteiger partial charge in [-0.1, -0.05) is 0 Å². The fraction of sp³-hybridized carbons (Fsp3) is 0.538. The molecule has 4 N–H and O–H groups in total. The van der Waals surface area contributed by atoms with Gasteiger partial charge in [0.25, 0.3) is 0 Å². The van der Waals surface area contributed by atoms with Crippen LogP contribution in [0.15, 0.2) is 23.1 Å². The summed E-state index contributed by atoms with van der Waals surface area (Å²) in [6, 6.07) is 3.84. The summed E-state index contributed by atoms with van der Waals surface area (Å²) >= 11 is 1.56. The van der Waals surface area contributed by atoms with Crippen molar-refractivity contribution in [3.8, 4) is 0 Å². The van der Waals surface area contributed by atoms with Gasteiger partial charge in [0, 0.05) is 21.9 Å². The van der Waals surface area contributed by atoms with Gasteiger partial charge < -0.3 is 11.5 Å². The van der Waals surface area contributed by atoms with Crippen molar-refractivity contribution in [3.05, 3.63) is 23.8 Å². The Morgan fingerprint density at radius 1 is 1.11 bits per heavy atom. The molecule has 0 aliphatic heterocycles. The largest absolute Gasteiger partial charge is 0.416 e. The predicted molar refractivity (Wildman–Crippen MR) is 71.9 cm³/mol. The highest BCUT2D eigenvalue weighted by Crippen LogP contribution is 2.38. The number of nitrogens with two attached hydrogens (primary N) is 2. The standard InChI is InChI=1S/C13H17F3N2S/c14-13(15,16)8-1-6-12(11(18)7-8)19-10-4-2-9(17)3-5-10/h1,6-7,9-10H,2-5,17-18H2. The molecule has 0 spiro atoms. The van der Waals surface area contributed by atoms with Crippen molar-refractivity contribution in [3.63, 3.8) is 0 Å². The molecule has 6 heteroatoms. The fourth-order valence-electron chi connectivity index (χ4n) is 2.22. The summed E-state index contributed by atoms with van der Waals surface area (Å²) in [5, 5.41) is 0.402. The average molecular weight is 290 g/mol. The number of hydrogen-bond donors (Lipinski definition) is 2. The summed E-state index contributed by atoms with van der Waals surface area (Å²) in [5.74, 6) is 0. The van der Waals surface area contributed by atoms with Crippen molar-refractivity contribution in [2.24, 2.45) is 5.73 Å². The minimum absolute atomic E-state index is 0.203. The quantitative estimate of drug-likeness (QED) is 0.817. The van der Waals surface area contributed by atoms with Crippen molar-refractivity contribution in [2.75, 3.05) is 5.73 Å². The molecule has 0 atom stereocenters. The number of nitrogen functional groups attached to an aromatic ring is 1. The average Bonchev–Trinajstić information content (AvgIpc) is 2.33. The molecule has 0 amide bonds. The molecule has 19 heavy (non-hydrogen) atoms. The number of alkyl halides is 3. The van der Waals surface area contributed by atoms with E-state index in [1.807, 2.05) is 0 Å². The van der Waals surface area contributed by atoms with Crippen molar-refractivity contribution >= 4 is 17.4 Å². The normalized spacial score (nSPS) is 24.4. The molecule has 0 aromatic heterocycles. The molecule has 1 saturated carbocycles. The maximum atomic E-state index is 12.5. The van der Waals surface area contributed by atoms with Crippen molar-refractivity contribution in [2.45, 2.75) is 48.0 Å². The molecule has 1 aliphatic rings. The van der Waals surface area contributed by atoms with Gasteiger partial charge in [0.05, 0.1) is 5.56 Å². The Balaban J connectivity index is 2.05. The van der Waals surface area contributed by atoms with Crippen LogP contribution in [0.4, 0.5) is 18.9 Å². The van der Waals surface area contributed by atoms with E-state index in [0.717, 1.165) is 42.7 Å². The van der Waals surface area contributed by atoms with Gasteiger partial charge in [-0.3, -0.25) is 0 Å². The summed E-state index contributed by atoms with van der Waals surface area (Å²) in [7, 11) is 0. The van der Waals surface area contributed by atoms with Gasteiger partial charge in [0.1, 0.15) is 0 Å². The first-order chi connectivity index (χ1) is 8.86. The number of rotatable bonds is 2. The minimum atomic E-state index is -4.34. The van der Waals surface area contributed by atoms with E-state index in [1.165, 1.54) is 6.07 Å². The Bertz CT molecular complexity index is 440. The fourth-order valence-corrected chi connectivity index (χ4v) is 3.43. The van der Waals surface area contributed by atoms with E-state index in [0.29, 0.717) is 5.25 Å². The smallest absolute Gasteiger partial charge is 0.398 e. The predicted octanol–water partition coefficient (Wildman–Crippen LogP) is 3.65. The van der Waals surface area contributed by atoms with Crippen LogP contribution in [0.2, 0.25) is 0 Å². The summed E-state index contributed by atoms with van der Waals surface area (Å²) in [4.78, 5) is 0.730. The summed E-state index contributed by atoms with van der Waals surface area (Å²) in [6.45, 7) is 0.